The van der Waals surface area contributed by atoms with E-state index in [-0.39, 0.29) is 16.6 Å². The molecule has 1 fully saturated rings. The molecule has 1 saturated heterocycles. The predicted molar refractivity (Wildman–Crippen MR) is 91.5 cm³/mol. The maximum absolute atomic E-state index is 14.3. The number of hydrogen-bond acceptors (Lipinski definition) is 4. The molecule has 0 N–H and O–H groups in total. The summed E-state index contributed by atoms with van der Waals surface area (Å²) in [5.41, 5.74) is 1.10. The minimum absolute atomic E-state index is 0.0286. The lowest BCUT2D eigenvalue weighted by Crippen LogP contribution is -2.24. The van der Waals surface area contributed by atoms with Crippen molar-refractivity contribution in [3.05, 3.63) is 35.7 Å². The highest BCUT2D eigenvalue weighted by Crippen LogP contribution is 2.26. The van der Waals surface area contributed by atoms with Gasteiger partial charge in [0.15, 0.2) is 9.84 Å². The van der Waals surface area contributed by atoms with E-state index in [1.807, 2.05) is 19.9 Å². The quantitative estimate of drug-likeness (QED) is 0.698. The number of allylic oxidation sites excluding steroid dienone is 1. The van der Waals surface area contributed by atoms with Crippen LogP contribution in [0.25, 0.3) is 0 Å². The molecule has 1 heterocycles. The highest BCUT2D eigenvalue weighted by Gasteiger charge is 2.26. The van der Waals surface area contributed by atoms with Crippen LogP contribution in [0.4, 0.5) is 4.39 Å². The monoisotopic (exact) mass is 356 g/mol. The van der Waals surface area contributed by atoms with Crippen LogP contribution in [0.3, 0.4) is 0 Å². The largest absolute Gasteiger partial charge is 0.489 e. The molecular formula is C18H25FO4S. The van der Waals surface area contributed by atoms with Crippen molar-refractivity contribution >= 4 is 9.84 Å². The van der Waals surface area contributed by atoms with E-state index in [9.17, 15) is 12.8 Å². The van der Waals surface area contributed by atoms with E-state index in [4.69, 9.17) is 9.47 Å². The van der Waals surface area contributed by atoms with Crippen molar-refractivity contribution in [2.24, 2.45) is 5.92 Å². The van der Waals surface area contributed by atoms with Gasteiger partial charge in [-0.1, -0.05) is 13.0 Å². The number of benzene rings is 1. The van der Waals surface area contributed by atoms with Crippen LogP contribution in [-0.4, -0.2) is 34.0 Å². The molecule has 0 amide bonds. The SMILES string of the molecule is C/C=C(\CC)COc1ccc(S(=O)(=O)CC2CCOCC2)c(F)c1. The Labute approximate surface area is 143 Å². The smallest absolute Gasteiger partial charge is 0.181 e. The lowest BCUT2D eigenvalue weighted by Gasteiger charge is -2.21. The fourth-order valence-electron chi connectivity index (χ4n) is 2.70. The number of ether oxygens (including phenoxy) is 2. The summed E-state index contributed by atoms with van der Waals surface area (Å²) in [5.74, 6) is -0.421. The van der Waals surface area contributed by atoms with E-state index in [1.54, 1.807) is 0 Å². The van der Waals surface area contributed by atoms with E-state index in [0.29, 0.717) is 38.4 Å². The van der Waals surface area contributed by atoms with Crippen molar-refractivity contribution in [2.45, 2.75) is 38.0 Å². The zero-order valence-corrected chi connectivity index (χ0v) is 15.1. The van der Waals surface area contributed by atoms with Crippen LogP contribution in [0.15, 0.2) is 34.7 Å². The highest BCUT2D eigenvalue weighted by atomic mass is 32.2. The summed E-state index contributed by atoms with van der Waals surface area (Å²) in [5, 5.41) is 0. The van der Waals surface area contributed by atoms with Gasteiger partial charge in [-0.2, -0.15) is 0 Å². The van der Waals surface area contributed by atoms with Crippen LogP contribution < -0.4 is 4.74 Å². The number of halogens is 1. The highest BCUT2D eigenvalue weighted by molar-refractivity contribution is 7.91. The van der Waals surface area contributed by atoms with Gasteiger partial charge in [0.05, 0.1) is 5.75 Å². The third-order valence-electron chi connectivity index (χ3n) is 4.32. The van der Waals surface area contributed by atoms with Gasteiger partial charge in [0.2, 0.25) is 0 Å². The summed E-state index contributed by atoms with van der Waals surface area (Å²) >= 11 is 0. The van der Waals surface area contributed by atoms with E-state index in [0.717, 1.165) is 18.1 Å². The molecular weight excluding hydrogens is 331 g/mol. The van der Waals surface area contributed by atoms with Crippen molar-refractivity contribution in [1.29, 1.82) is 0 Å². The van der Waals surface area contributed by atoms with Gasteiger partial charge in [-0.3, -0.25) is 0 Å². The molecule has 1 aliphatic heterocycles. The Balaban J connectivity index is 2.07. The fraction of sp³-hybridized carbons (Fsp3) is 0.556. The zero-order chi connectivity index (χ0) is 17.6. The summed E-state index contributed by atoms with van der Waals surface area (Å²) in [6, 6.07) is 3.98. The summed E-state index contributed by atoms with van der Waals surface area (Å²) < 4.78 is 50.0. The van der Waals surface area contributed by atoms with Gasteiger partial charge in [-0.05, 0) is 49.8 Å². The van der Waals surface area contributed by atoms with Crippen LogP contribution in [0.1, 0.15) is 33.1 Å². The van der Waals surface area contributed by atoms with Crippen LogP contribution in [-0.2, 0) is 14.6 Å². The van der Waals surface area contributed by atoms with Gasteiger partial charge in [0.25, 0.3) is 0 Å². The van der Waals surface area contributed by atoms with E-state index >= 15 is 0 Å². The van der Waals surface area contributed by atoms with E-state index in [1.165, 1.54) is 12.1 Å². The second kappa shape index (κ2) is 8.62. The number of sulfone groups is 1. The summed E-state index contributed by atoms with van der Waals surface area (Å²) in [7, 11) is -3.65. The number of hydrogen-bond donors (Lipinski definition) is 0. The summed E-state index contributed by atoms with van der Waals surface area (Å²) in [6.07, 6.45) is 4.22. The van der Waals surface area contributed by atoms with Gasteiger partial charge in [-0.25, -0.2) is 12.8 Å². The minimum atomic E-state index is -3.65. The molecule has 24 heavy (non-hydrogen) atoms. The topological polar surface area (TPSA) is 52.6 Å². The van der Waals surface area contributed by atoms with Crippen molar-refractivity contribution in [3.8, 4) is 5.75 Å². The molecule has 1 aromatic rings. The maximum atomic E-state index is 14.3. The Hall–Kier alpha value is -1.40. The molecule has 134 valence electrons. The maximum Gasteiger partial charge on any atom is 0.181 e. The van der Waals surface area contributed by atoms with E-state index in [2.05, 4.69) is 0 Å². The van der Waals surface area contributed by atoms with Crippen LogP contribution in [0.5, 0.6) is 5.75 Å². The van der Waals surface area contributed by atoms with Gasteiger partial charge < -0.3 is 9.47 Å². The molecule has 0 aliphatic carbocycles. The average molecular weight is 356 g/mol. The van der Waals surface area contributed by atoms with Gasteiger partial charge in [0.1, 0.15) is 23.1 Å². The third-order valence-corrected chi connectivity index (χ3v) is 6.23. The molecule has 0 spiro atoms. The van der Waals surface area contributed by atoms with Crippen molar-refractivity contribution in [1.82, 2.24) is 0 Å². The second-order valence-electron chi connectivity index (χ2n) is 6.02. The lowest BCUT2D eigenvalue weighted by atomic mass is 10.0. The molecule has 4 nitrogen and oxygen atoms in total. The van der Waals surface area contributed by atoms with Crippen molar-refractivity contribution < 1.29 is 22.3 Å². The average Bonchev–Trinajstić information content (AvgIpc) is 2.56. The van der Waals surface area contributed by atoms with Crippen LogP contribution in [0, 0.1) is 11.7 Å². The van der Waals surface area contributed by atoms with Crippen molar-refractivity contribution in [2.75, 3.05) is 25.6 Å². The Kier molecular flexibility index (Phi) is 6.80. The predicted octanol–water partition coefficient (Wildman–Crippen LogP) is 3.76. The molecule has 1 aromatic carbocycles. The van der Waals surface area contributed by atoms with E-state index < -0.39 is 15.7 Å². The Morgan fingerprint density at radius 2 is 2.08 bits per heavy atom. The summed E-state index contributed by atoms with van der Waals surface area (Å²) in [6.45, 7) is 5.46. The Morgan fingerprint density at radius 1 is 1.38 bits per heavy atom. The standard InChI is InChI=1S/C18H25FO4S/c1-3-14(4-2)12-23-16-5-6-18(17(19)11-16)24(20,21)13-15-7-9-22-10-8-15/h3,5-6,11,15H,4,7-10,12-13H2,1-2H3/b14-3+. The van der Waals surface area contributed by atoms with Gasteiger partial charge in [0, 0.05) is 19.3 Å². The molecule has 0 unspecified atom stereocenters. The lowest BCUT2D eigenvalue weighted by molar-refractivity contribution is 0.0723. The van der Waals surface area contributed by atoms with Gasteiger partial charge in [-0.15, -0.1) is 0 Å². The van der Waals surface area contributed by atoms with Gasteiger partial charge >= 0.3 is 0 Å². The molecule has 0 radical (unpaired) electrons. The minimum Gasteiger partial charge on any atom is -0.489 e. The molecule has 0 saturated carbocycles. The molecule has 0 aromatic heterocycles. The Bertz CT molecular complexity index is 676. The van der Waals surface area contributed by atoms with Crippen molar-refractivity contribution in [3.63, 3.8) is 0 Å². The normalized spacial score (nSPS) is 17.0. The number of rotatable bonds is 7. The van der Waals surface area contributed by atoms with Crippen LogP contribution in [0.2, 0.25) is 0 Å². The first kappa shape index (κ1) is 18.9. The second-order valence-corrected chi connectivity index (χ2v) is 8.02. The first-order valence-electron chi connectivity index (χ1n) is 8.33. The zero-order valence-electron chi connectivity index (χ0n) is 14.3. The Morgan fingerprint density at radius 3 is 2.67 bits per heavy atom. The first-order valence-corrected chi connectivity index (χ1v) is 9.98. The molecule has 2 rings (SSSR count). The molecule has 6 heteroatoms. The third kappa shape index (κ3) is 5.05. The molecule has 0 atom stereocenters. The molecule has 1 aliphatic rings. The first-order chi connectivity index (χ1) is 11.5. The molecule has 0 bridgehead atoms. The summed E-state index contributed by atoms with van der Waals surface area (Å²) in [4.78, 5) is -0.247. The van der Waals surface area contributed by atoms with Crippen LogP contribution >= 0.6 is 0 Å². The fourth-order valence-corrected chi connectivity index (χ4v) is 4.47.